The molecule has 0 aromatic carbocycles. The molecule has 2 atom stereocenters. The Labute approximate surface area is 90.2 Å². The van der Waals surface area contributed by atoms with Crippen molar-refractivity contribution in [1.29, 1.82) is 0 Å². The highest BCUT2D eigenvalue weighted by Gasteiger charge is 2.50. The van der Waals surface area contributed by atoms with E-state index in [0.717, 1.165) is 32.6 Å². The van der Waals surface area contributed by atoms with Crippen molar-refractivity contribution in [3.05, 3.63) is 0 Å². The summed E-state index contributed by atoms with van der Waals surface area (Å²) in [6, 6.07) is 0. The lowest BCUT2D eigenvalue weighted by atomic mass is 9.73. The lowest BCUT2D eigenvalue weighted by Gasteiger charge is -2.35. The number of alkyl halides is 2. The molecular formula is C12H20F2O. The van der Waals surface area contributed by atoms with Crippen LogP contribution >= 0.6 is 0 Å². The van der Waals surface area contributed by atoms with Crippen LogP contribution in [0, 0.1) is 17.8 Å². The van der Waals surface area contributed by atoms with Crippen LogP contribution in [-0.4, -0.2) is 18.6 Å². The number of hydrogen-bond donors (Lipinski definition) is 0. The first-order valence-corrected chi connectivity index (χ1v) is 5.98. The first kappa shape index (κ1) is 11.3. The Hall–Kier alpha value is -0.180. The molecule has 0 aromatic rings. The normalized spacial score (nSPS) is 38.8. The molecule has 0 N–H and O–H groups in total. The van der Waals surface area contributed by atoms with Crippen LogP contribution in [0.1, 0.15) is 39.5 Å². The molecule has 1 aliphatic carbocycles. The fourth-order valence-electron chi connectivity index (χ4n) is 2.95. The van der Waals surface area contributed by atoms with Crippen molar-refractivity contribution in [1.82, 2.24) is 0 Å². The molecule has 1 heterocycles. The van der Waals surface area contributed by atoms with E-state index < -0.39 is 11.8 Å². The van der Waals surface area contributed by atoms with Gasteiger partial charge in [0.25, 0.3) is 5.92 Å². The highest BCUT2D eigenvalue weighted by molar-refractivity contribution is 4.92. The molecule has 0 spiro atoms. The van der Waals surface area contributed by atoms with Crippen molar-refractivity contribution in [3.63, 3.8) is 0 Å². The van der Waals surface area contributed by atoms with E-state index in [9.17, 15) is 8.78 Å². The molecule has 15 heavy (non-hydrogen) atoms. The van der Waals surface area contributed by atoms with E-state index in [1.165, 1.54) is 0 Å². The Morgan fingerprint density at radius 1 is 1.20 bits per heavy atom. The molecule has 1 saturated heterocycles. The minimum Gasteiger partial charge on any atom is -0.373 e. The lowest BCUT2D eigenvalue weighted by molar-refractivity contribution is -0.0811. The molecule has 0 bridgehead atoms. The smallest absolute Gasteiger partial charge is 0.251 e. The van der Waals surface area contributed by atoms with Gasteiger partial charge in [0.05, 0.1) is 18.6 Å². The zero-order valence-corrected chi connectivity index (χ0v) is 9.51. The van der Waals surface area contributed by atoms with E-state index in [4.69, 9.17) is 4.74 Å². The number of epoxide rings is 1. The largest absolute Gasteiger partial charge is 0.373 e. The maximum atomic E-state index is 13.5. The number of rotatable bonds is 3. The summed E-state index contributed by atoms with van der Waals surface area (Å²) in [6.45, 7) is 3.81. The van der Waals surface area contributed by atoms with Crippen molar-refractivity contribution >= 4 is 0 Å². The van der Waals surface area contributed by atoms with Gasteiger partial charge in [-0.3, -0.25) is 0 Å². The van der Waals surface area contributed by atoms with Gasteiger partial charge in [-0.05, 0) is 31.6 Å². The Morgan fingerprint density at radius 3 is 2.13 bits per heavy atom. The summed E-state index contributed by atoms with van der Waals surface area (Å²) in [4.78, 5) is 0. The van der Waals surface area contributed by atoms with Gasteiger partial charge >= 0.3 is 0 Å². The highest BCUT2D eigenvalue weighted by Crippen LogP contribution is 2.45. The van der Waals surface area contributed by atoms with Crippen LogP contribution in [0.4, 0.5) is 8.78 Å². The van der Waals surface area contributed by atoms with Gasteiger partial charge in [-0.1, -0.05) is 19.8 Å². The summed E-state index contributed by atoms with van der Waals surface area (Å²) in [5, 5.41) is 0. The molecular weight excluding hydrogens is 198 g/mol. The van der Waals surface area contributed by atoms with Crippen molar-refractivity contribution in [2.75, 3.05) is 6.61 Å². The summed E-state index contributed by atoms with van der Waals surface area (Å²) in [5.41, 5.74) is 0. The second-order valence-corrected chi connectivity index (χ2v) is 5.37. The van der Waals surface area contributed by atoms with Gasteiger partial charge in [0.1, 0.15) is 0 Å². The van der Waals surface area contributed by atoms with Crippen LogP contribution in [-0.2, 0) is 4.74 Å². The molecule has 1 nitrogen and oxygen atoms in total. The fraction of sp³-hybridized carbons (Fsp3) is 1.00. The van der Waals surface area contributed by atoms with E-state index in [-0.39, 0.29) is 12.0 Å². The molecule has 0 radical (unpaired) electrons. The van der Waals surface area contributed by atoms with E-state index >= 15 is 0 Å². The predicted octanol–water partition coefficient (Wildman–Crippen LogP) is 3.48. The third-order valence-electron chi connectivity index (χ3n) is 3.91. The van der Waals surface area contributed by atoms with Crippen LogP contribution < -0.4 is 0 Å². The first-order chi connectivity index (χ1) is 6.98. The molecule has 0 aromatic heterocycles. The Morgan fingerprint density at radius 2 is 1.73 bits per heavy atom. The number of halogens is 2. The topological polar surface area (TPSA) is 12.5 Å². The average molecular weight is 218 g/mol. The summed E-state index contributed by atoms with van der Waals surface area (Å²) in [7, 11) is 0. The second kappa shape index (κ2) is 4.00. The van der Waals surface area contributed by atoms with Crippen LogP contribution in [0.5, 0.6) is 0 Å². The maximum absolute atomic E-state index is 13.5. The minimum atomic E-state index is -2.58. The lowest BCUT2D eigenvalue weighted by Crippen LogP contribution is -2.37. The quantitative estimate of drug-likeness (QED) is 0.661. The SMILES string of the molecule is CC1CCC(C(C2CO2)C(C)(F)F)CC1. The Bertz CT molecular complexity index is 212. The molecule has 2 rings (SSSR count). The van der Waals surface area contributed by atoms with Crippen molar-refractivity contribution < 1.29 is 13.5 Å². The van der Waals surface area contributed by atoms with Gasteiger partial charge < -0.3 is 4.74 Å². The first-order valence-electron chi connectivity index (χ1n) is 5.98. The summed E-state index contributed by atoms with van der Waals surface area (Å²) in [6.07, 6.45) is 3.95. The van der Waals surface area contributed by atoms with Gasteiger partial charge in [-0.2, -0.15) is 0 Å². The maximum Gasteiger partial charge on any atom is 0.251 e. The minimum absolute atomic E-state index is 0.164. The highest BCUT2D eigenvalue weighted by atomic mass is 19.3. The van der Waals surface area contributed by atoms with E-state index in [1.54, 1.807) is 0 Å². The standard InChI is InChI=1S/C12H20F2O/c1-8-3-5-9(6-4-8)11(10-7-15-10)12(2,13)14/h8-11H,3-7H2,1-2H3. The van der Waals surface area contributed by atoms with Crippen molar-refractivity contribution in [3.8, 4) is 0 Å². The zero-order chi connectivity index (χ0) is 11.1. The van der Waals surface area contributed by atoms with Crippen LogP contribution in [0.3, 0.4) is 0 Å². The molecule has 2 fully saturated rings. The van der Waals surface area contributed by atoms with Gasteiger partial charge in [-0.25, -0.2) is 8.78 Å². The summed E-state index contributed by atoms with van der Waals surface area (Å²) < 4.78 is 32.1. The third kappa shape index (κ3) is 2.68. The molecule has 0 amide bonds. The zero-order valence-electron chi connectivity index (χ0n) is 9.51. The molecule has 1 aliphatic heterocycles. The van der Waals surface area contributed by atoms with E-state index in [1.807, 2.05) is 0 Å². The number of ether oxygens (including phenoxy) is 1. The van der Waals surface area contributed by atoms with Gasteiger partial charge in [0.2, 0.25) is 0 Å². The molecule has 88 valence electrons. The van der Waals surface area contributed by atoms with Gasteiger partial charge in [-0.15, -0.1) is 0 Å². The number of hydrogen-bond acceptors (Lipinski definition) is 1. The van der Waals surface area contributed by atoms with Crippen LogP contribution in [0.2, 0.25) is 0 Å². The summed E-state index contributed by atoms with van der Waals surface area (Å²) in [5.74, 6) is -2.22. The Kier molecular flexibility index (Phi) is 3.02. The Balaban J connectivity index is 1.99. The fourth-order valence-corrected chi connectivity index (χ4v) is 2.95. The summed E-state index contributed by atoms with van der Waals surface area (Å²) >= 11 is 0. The average Bonchev–Trinajstić information content (AvgIpc) is 2.90. The second-order valence-electron chi connectivity index (χ2n) is 5.37. The third-order valence-corrected chi connectivity index (χ3v) is 3.91. The van der Waals surface area contributed by atoms with Gasteiger partial charge in [0.15, 0.2) is 0 Å². The molecule has 3 heteroatoms. The van der Waals surface area contributed by atoms with Gasteiger partial charge in [0, 0.05) is 0 Å². The predicted molar refractivity (Wildman–Crippen MR) is 55.0 cm³/mol. The van der Waals surface area contributed by atoms with Crippen LogP contribution in [0.15, 0.2) is 0 Å². The monoisotopic (exact) mass is 218 g/mol. The van der Waals surface area contributed by atoms with Crippen molar-refractivity contribution in [2.24, 2.45) is 17.8 Å². The van der Waals surface area contributed by atoms with E-state index in [2.05, 4.69) is 6.92 Å². The molecule has 2 aliphatic rings. The molecule has 2 unspecified atom stereocenters. The van der Waals surface area contributed by atoms with Crippen LogP contribution in [0.25, 0.3) is 0 Å². The molecule has 1 saturated carbocycles. The van der Waals surface area contributed by atoms with Crippen molar-refractivity contribution in [2.45, 2.75) is 51.6 Å². The van der Waals surface area contributed by atoms with E-state index in [0.29, 0.717) is 12.5 Å².